The second-order valence-corrected chi connectivity index (χ2v) is 5.08. The van der Waals surface area contributed by atoms with Gasteiger partial charge in [0.15, 0.2) is 4.77 Å². The van der Waals surface area contributed by atoms with Crippen LogP contribution in [0.15, 0.2) is 18.2 Å². The van der Waals surface area contributed by atoms with E-state index in [0.29, 0.717) is 37.7 Å². The molecule has 3 rings (SSSR count). The molecule has 1 fully saturated rings. The van der Waals surface area contributed by atoms with Crippen molar-refractivity contribution in [3.63, 3.8) is 0 Å². The van der Waals surface area contributed by atoms with Crippen LogP contribution in [-0.4, -0.2) is 42.1 Å². The standard InChI is InChI=1S/C14H18N2O3S/c1-2-18-12-5-3-4-11-13(12)15-14(20)16(11)8-10-9-17-6-7-19-10/h3-5,10H,2,6-9H2,1H3,(H,15,20). The topological polar surface area (TPSA) is 48.4 Å². The Hall–Kier alpha value is -1.37. The zero-order valence-electron chi connectivity index (χ0n) is 11.4. The molecule has 2 aromatic rings. The number of rotatable bonds is 4. The lowest BCUT2D eigenvalue weighted by Gasteiger charge is -2.23. The number of aromatic nitrogens is 2. The van der Waals surface area contributed by atoms with Gasteiger partial charge in [0.2, 0.25) is 0 Å². The molecular weight excluding hydrogens is 276 g/mol. The van der Waals surface area contributed by atoms with Crippen molar-refractivity contribution < 1.29 is 14.2 Å². The first-order chi connectivity index (χ1) is 9.79. The number of fused-ring (bicyclic) bond motifs is 1. The van der Waals surface area contributed by atoms with E-state index in [2.05, 4.69) is 4.98 Å². The van der Waals surface area contributed by atoms with Gasteiger partial charge in [-0.2, -0.15) is 0 Å². The molecule has 1 saturated heterocycles. The molecule has 1 aromatic heterocycles. The van der Waals surface area contributed by atoms with Crippen LogP contribution in [0, 0.1) is 4.77 Å². The Bertz CT molecular complexity index is 643. The van der Waals surface area contributed by atoms with E-state index in [1.54, 1.807) is 0 Å². The molecule has 1 atom stereocenters. The van der Waals surface area contributed by atoms with Crippen molar-refractivity contribution in [1.29, 1.82) is 0 Å². The SMILES string of the molecule is CCOc1cccc2c1[nH]c(=S)n2CC1COCCO1. The molecule has 108 valence electrons. The molecule has 20 heavy (non-hydrogen) atoms. The van der Waals surface area contributed by atoms with Crippen molar-refractivity contribution in [3.8, 4) is 5.75 Å². The van der Waals surface area contributed by atoms with Crippen molar-refractivity contribution >= 4 is 23.3 Å². The van der Waals surface area contributed by atoms with Gasteiger partial charge in [0.05, 0.1) is 44.6 Å². The molecule has 1 aliphatic heterocycles. The molecule has 0 amide bonds. The number of nitrogens with zero attached hydrogens (tertiary/aromatic N) is 1. The fourth-order valence-corrected chi connectivity index (χ4v) is 2.73. The summed E-state index contributed by atoms with van der Waals surface area (Å²) < 4.78 is 19.5. The van der Waals surface area contributed by atoms with Gasteiger partial charge in [-0.25, -0.2) is 0 Å². The lowest BCUT2D eigenvalue weighted by molar-refractivity contribution is -0.0933. The lowest BCUT2D eigenvalue weighted by atomic mass is 10.2. The lowest BCUT2D eigenvalue weighted by Crippen LogP contribution is -2.32. The smallest absolute Gasteiger partial charge is 0.178 e. The van der Waals surface area contributed by atoms with Crippen molar-refractivity contribution in [2.75, 3.05) is 26.4 Å². The fraction of sp³-hybridized carbons (Fsp3) is 0.500. The number of benzene rings is 1. The summed E-state index contributed by atoms with van der Waals surface area (Å²) in [5.41, 5.74) is 1.98. The zero-order chi connectivity index (χ0) is 13.9. The first-order valence-corrected chi connectivity index (χ1v) is 7.24. The number of imidazole rings is 1. The average Bonchev–Trinajstić information content (AvgIpc) is 2.78. The Morgan fingerprint density at radius 1 is 1.45 bits per heavy atom. The van der Waals surface area contributed by atoms with Gasteiger partial charge in [0.25, 0.3) is 0 Å². The Labute approximate surface area is 122 Å². The largest absolute Gasteiger partial charge is 0.492 e. The summed E-state index contributed by atoms with van der Waals surface area (Å²) in [6, 6.07) is 5.96. The summed E-state index contributed by atoms with van der Waals surface area (Å²) >= 11 is 5.42. The summed E-state index contributed by atoms with van der Waals surface area (Å²) in [7, 11) is 0. The number of aromatic amines is 1. The Kier molecular flexibility index (Phi) is 4.05. The monoisotopic (exact) mass is 294 g/mol. The third kappa shape index (κ3) is 2.59. The molecular formula is C14H18N2O3S. The maximum atomic E-state index is 5.70. The van der Waals surface area contributed by atoms with Crippen LogP contribution in [0.5, 0.6) is 5.75 Å². The molecule has 1 N–H and O–H groups in total. The summed E-state index contributed by atoms with van der Waals surface area (Å²) in [5, 5.41) is 0. The predicted molar refractivity (Wildman–Crippen MR) is 78.9 cm³/mol. The molecule has 1 aliphatic rings. The van der Waals surface area contributed by atoms with Gasteiger partial charge >= 0.3 is 0 Å². The van der Waals surface area contributed by atoms with E-state index >= 15 is 0 Å². The van der Waals surface area contributed by atoms with Crippen molar-refractivity contribution in [1.82, 2.24) is 9.55 Å². The van der Waals surface area contributed by atoms with E-state index in [4.69, 9.17) is 26.4 Å². The molecule has 2 heterocycles. The molecule has 0 bridgehead atoms. The third-order valence-electron chi connectivity index (χ3n) is 3.34. The van der Waals surface area contributed by atoms with Gasteiger partial charge in [-0.3, -0.25) is 0 Å². The van der Waals surface area contributed by atoms with Gasteiger partial charge in [-0.1, -0.05) is 6.07 Å². The van der Waals surface area contributed by atoms with Crippen LogP contribution in [0.2, 0.25) is 0 Å². The number of para-hydroxylation sites is 1. The minimum atomic E-state index is 0.0465. The first kappa shape index (κ1) is 13.6. The maximum Gasteiger partial charge on any atom is 0.178 e. The Morgan fingerprint density at radius 3 is 3.10 bits per heavy atom. The van der Waals surface area contributed by atoms with E-state index in [1.165, 1.54) is 0 Å². The summed E-state index contributed by atoms with van der Waals surface area (Å²) in [5.74, 6) is 0.829. The normalized spacial score (nSPS) is 19.4. The van der Waals surface area contributed by atoms with Gasteiger partial charge in [0, 0.05) is 0 Å². The van der Waals surface area contributed by atoms with Crippen molar-refractivity contribution in [2.45, 2.75) is 19.6 Å². The van der Waals surface area contributed by atoms with Crippen molar-refractivity contribution in [3.05, 3.63) is 23.0 Å². The van der Waals surface area contributed by atoms with Crippen LogP contribution in [0.1, 0.15) is 6.92 Å². The number of H-pyrrole nitrogens is 1. The van der Waals surface area contributed by atoms with Gasteiger partial charge in [-0.05, 0) is 31.3 Å². The molecule has 6 heteroatoms. The Balaban J connectivity index is 1.96. The number of ether oxygens (including phenoxy) is 3. The maximum absolute atomic E-state index is 5.70. The Morgan fingerprint density at radius 2 is 2.35 bits per heavy atom. The predicted octanol–water partition coefficient (Wildman–Crippen LogP) is 2.51. The molecule has 1 unspecified atom stereocenters. The minimum Gasteiger partial charge on any atom is -0.492 e. The highest BCUT2D eigenvalue weighted by Crippen LogP contribution is 2.25. The highest BCUT2D eigenvalue weighted by molar-refractivity contribution is 7.71. The van der Waals surface area contributed by atoms with Crippen LogP contribution >= 0.6 is 12.2 Å². The highest BCUT2D eigenvalue weighted by atomic mass is 32.1. The molecule has 1 aromatic carbocycles. The third-order valence-corrected chi connectivity index (χ3v) is 3.67. The summed E-state index contributed by atoms with van der Waals surface area (Å²) in [4.78, 5) is 3.23. The second-order valence-electron chi connectivity index (χ2n) is 4.69. The quantitative estimate of drug-likeness (QED) is 0.880. The van der Waals surface area contributed by atoms with Gasteiger partial charge in [-0.15, -0.1) is 0 Å². The van der Waals surface area contributed by atoms with E-state index < -0.39 is 0 Å². The number of nitrogens with one attached hydrogen (secondary N) is 1. The van der Waals surface area contributed by atoms with E-state index in [1.807, 2.05) is 29.7 Å². The first-order valence-electron chi connectivity index (χ1n) is 6.83. The van der Waals surface area contributed by atoms with Gasteiger partial charge < -0.3 is 23.8 Å². The van der Waals surface area contributed by atoms with E-state index in [0.717, 1.165) is 16.8 Å². The van der Waals surface area contributed by atoms with Crippen LogP contribution in [0.4, 0.5) is 0 Å². The summed E-state index contributed by atoms with van der Waals surface area (Å²) in [6.07, 6.45) is 0.0465. The second kappa shape index (κ2) is 5.95. The zero-order valence-corrected chi connectivity index (χ0v) is 12.2. The average molecular weight is 294 g/mol. The van der Waals surface area contributed by atoms with Crippen LogP contribution in [0.25, 0.3) is 11.0 Å². The van der Waals surface area contributed by atoms with Crippen LogP contribution < -0.4 is 4.74 Å². The van der Waals surface area contributed by atoms with E-state index in [-0.39, 0.29) is 6.10 Å². The fourth-order valence-electron chi connectivity index (χ4n) is 2.46. The number of hydrogen-bond donors (Lipinski definition) is 1. The minimum absolute atomic E-state index is 0.0465. The van der Waals surface area contributed by atoms with Gasteiger partial charge in [0.1, 0.15) is 11.3 Å². The highest BCUT2D eigenvalue weighted by Gasteiger charge is 2.17. The van der Waals surface area contributed by atoms with Crippen LogP contribution in [0.3, 0.4) is 0 Å². The van der Waals surface area contributed by atoms with Crippen molar-refractivity contribution in [2.24, 2.45) is 0 Å². The molecule has 5 nitrogen and oxygen atoms in total. The summed E-state index contributed by atoms with van der Waals surface area (Å²) in [6.45, 7) is 5.21. The molecule has 0 saturated carbocycles. The number of hydrogen-bond acceptors (Lipinski definition) is 4. The van der Waals surface area contributed by atoms with Crippen LogP contribution in [-0.2, 0) is 16.0 Å². The molecule has 0 spiro atoms. The molecule has 0 aliphatic carbocycles. The van der Waals surface area contributed by atoms with E-state index in [9.17, 15) is 0 Å². The molecule has 0 radical (unpaired) electrons.